The van der Waals surface area contributed by atoms with Gasteiger partial charge in [0.25, 0.3) is 0 Å². The lowest BCUT2D eigenvalue weighted by Gasteiger charge is -2.28. The van der Waals surface area contributed by atoms with E-state index in [0.717, 1.165) is 16.7 Å². The van der Waals surface area contributed by atoms with Crippen molar-refractivity contribution in [2.24, 2.45) is 5.73 Å². The highest BCUT2D eigenvalue weighted by Gasteiger charge is 2.26. The van der Waals surface area contributed by atoms with Crippen LogP contribution in [-0.2, 0) is 22.0 Å². The number of primary amides is 1. The minimum Gasteiger partial charge on any atom is -0.507 e. The monoisotopic (exact) mass is 294 g/mol. The zero-order valence-corrected chi connectivity index (χ0v) is 14.2. The van der Waals surface area contributed by atoms with E-state index in [1.54, 1.807) is 0 Å². The fraction of sp³-hybridized carbons (Fsp3) is 0.588. The first-order valence-corrected chi connectivity index (χ1v) is 7.08. The summed E-state index contributed by atoms with van der Waals surface area (Å²) < 4.78 is 0. The number of benzene rings is 1. The van der Waals surface area contributed by atoms with Crippen LogP contribution in [0, 0.1) is 0 Å². The van der Waals surface area contributed by atoms with Crippen LogP contribution >= 0.6 is 0 Å². The average molecular weight is 294 g/mol. The largest absolute Gasteiger partial charge is 0.507 e. The quantitative estimate of drug-likeness (QED) is 0.794. The summed E-state index contributed by atoms with van der Waals surface area (Å²) in [6.07, 6.45) is 0.944. The molecule has 0 saturated carbocycles. The van der Waals surface area contributed by atoms with Gasteiger partial charge in [0.1, 0.15) is 5.75 Å². The number of nitrogens with two attached hydrogens (primary N) is 1. The Bertz CT molecular complexity index is 473. The number of amides is 1. The van der Waals surface area contributed by atoms with Crippen LogP contribution in [0.3, 0.4) is 0 Å². The maximum Gasteiger partial charge on any atom is 0.217 e. The van der Waals surface area contributed by atoms with Gasteiger partial charge in [0.15, 0.2) is 0 Å². The predicted octanol–water partition coefficient (Wildman–Crippen LogP) is 3.57. The van der Waals surface area contributed by atoms with Gasteiger partial charge in [-0.05, 0) is 33.9 Å². The third-order valence-electron chi connectivity index (χ3n) is 3.45. The first-order chi connectivity index (χ1) is 8.93. The van der Waals surface area contributed by atoms with Crippen molar-refractivity contribution in [3.05, 3.63) is 28.8 Å². The summed E-state index contributed by atoms with van der Waals surface area (Å²) >= 11 is 0. The summed E-state index contributed by atoms with van der Waals surface area (Å²) in [6, 6.07) is 3.99. The minimum atomic E-state index is -0.298. The molecule has 0 aromatic heterocycles. The number of hydrogen-bond acceptors (Lipinski definition) is 3. The van der Waals surface area contributed by atoms with Crippen molar-refractivity contribution in [2.45, 2.75) is 65.2 Å². The molecule has 1 aromatic carbocycles. The molecule has 4 heteroatoms. The molecule has 0 bridgehead atoms. The number of aromatic hydroxyl groups is 1. The average Bonchev–Trinajstić information content (AvgIpc) is 2.24. The van der Waals surface area contributed by atoms with Gasteiger partial charge in [-0.1, -0.05) is 53.7 Å². The number of phenolic OH excluding ortho intramolecular Hbond substituents is 1. The van der Waals surface area contributed by atoms with Gasteiger partial charge < -0.3 is 17.0 Å². The molecule has 0 aliphatic heterocycles. The second-order valence-corrected chi connectivity index (χ2v) is 7.51. The second-order valence-electron chi connectivity index (χ2n) is 7.51. The molecule has 0 heterocycles. The normalized spacial score (nSPS) is 11.9. The maximum atomic E-state index is 11.0. The number of carbonyl (C=O) groups excluding carboxylic acids is 1. The van der Waals surface area contributed by atoms with Gasteiger partial charge in [-0.25, -0.2) is 0 Å². The molecule has 0 fully saturated rings. The van der Waals surface area contributed by atoms with Crippen LogP contribution in [-0.4, -0.2) is 11.0 Å². The van der Waals surface area contributed by atoms with E-state index in [4.69, 9.17) is 5.73 Å². The third-order valence-corrected chi connectivity index (χ3v) is 3.45. The summed E-state index contributed by atoms with van der Waals surface area (Å²) in [6.45, 7) is 12.5. The van der Waals surface area contributed by atoms with Crippen LogP contribution in [0.15, 0.2) is 12.1 Å². The Morgan fingerprint density at radius 1 is 1.05 bits per heavy atom. The van der Waals surface area contributed by atoms with Crippen molar-refractivity contribution in [2.75, 3.05) is 0 Å². The van der Waals surface area contributed by atoms with Crippen LogP contribution in [0.25, 0.3) is 0 Å². The molecule has 0 aliphatic carbocycles. The fourth-order valence-corrected chi connectivity index (χ4v) is 2.25. The lowest BCUT2D eigenvalue weighted by molar-refractivity contribution is -0.117. The molecular formula is C17H30N2O2. The molecule has 1 rings (SSSR count). The van der Waals surface area contributed by atoms with Crippen molar-refractivity contribution < 1.29 is 9.90 Å². The van der Waals surface area contributed by atoms with E-state index in [9.17, 15) is 9.90 Å². The van der Waals surface area contributed by atoms with Gasteiger partial charge in [-0.15, -0.1) is 0 Å². The molecule has 0 atom stereocenters. The van der Waals surface area contributed by atoms with E-state index in [-0.39, 0.29) is 22.9 Å². The van der Waals surface area contributed by atoms with Gasteiger partial charge in [0.05, 0.1) is 0 Å². The molecule has 1 aromatic rings. The van der Waals surface area contributed by atoms with Crippen LogP contribution in [0.1, 0.15) is 64.7 Å². The number of hydrogen-bond donors (Lipinski definition) is 3. The van der Waals surface area contributed by atoms with Gasteiger partial charge in [0, 0.05) is 6.42 Å². The molecule has 0 spiro atoms. The number of phenols is 1. The first-order valence-electron chi connectivity index (χ1n) is 7.08. The maximum absolute atomic E-state index is 11.0. The van der Waals surface area contributed by atoms with Crippen LogP contribution in [0.5, 0.6) is 5.75 Å². The Kier molecular flexibility index (Phi) is 6.00. The highest BCUT2D eigenvalue weighted by Crippen LogP contribution is 2.39. The van der Waals surface area contributed by atoms with E-state index >= 15 is 0 Å². The Morgan fingerprint density at radius 3 is 1.71 bits per heavy atom. The van der Waals surface area contributed by atoms with Crippen molar-refractivity contribution >= 4 is 5.91 Å². The van der Waals surface area contributed by atoms with Crippen LogP contribution < -0.4 is 11.9 Å². The molecule has 6 N–H and O–H groups in total. The van der Waals surface area contributed by atoms with Gasteiger partial charge in [0.2, 0.25) is 5.91 Å². The summed E-state index contributed by atoms with van der Waals surface area (Å²) in [5.41, 5.74) is 7.83. The zero-order valence-electron chi connectivity index (χ0n) is 14.2. The van der Waals surface area contributed by atoms with E-state index in [2.05, 4.69) is 41.5 Å². The van der Waals surface area contributed by atoms with Crippen molar-refractivity contribution in [1.82, 2.24) is 6.15 Å². The summed E-state index contributed by atoms with van der Waals surface area (Å²) in [4.78, 5) is 11.0. The number of aryl methyl sites for hydroxylation is 1. The highest BCUT2D eigenvalue weighted by atomic mass is 16.3. The van der Waals surface area contributed by atoms with Crippen molar-refractivity contribution in [3.63, 3.8) is 0 Å². The molecule has 0 aliphatic rings. The van der Waals surface area contributed by atoms with Gasteiger partial charge in [-0.3, -0.25) is 4.79 Å². The van der Waals surface area contributed by atoms with E-state index in [1.807, 2.05) is 12.1 Å². The lowest BCUT2D eigenvalue weighted by Crippen LogP contribution is -2.18. The SMILES string of the molecule is CC(C)(C)c1cc(CCC(N)=O)cc(C(C)(C)C)c1O.N. The standard InChI is InChI=1S/C17H27NO2.H3N/c1-16(2,3)12-9-11(7-8-14(18)19)10-13(15(12)20)17(4,5)6;/h9-10,20H,7-8H2,1-6H3,(H2,18,19);1H3. The van der Waals surface area contributed by atoms with E-state index in [0.29, 0.717) is 18.6 Å². The van der Waals surface area contributed by atoms with Gasteiger partial charge >= 0.3 is 0 Å². The van der Waals surface area contributed by atoms with E-state index < -0.39 is 0 Å². The zero-order chi connectivity index (χ0) is 15.7. The third kappa shape index (κ3) is 5.05. The Labute approximate surface area is 128 Å². The van der Waals surface area contributed by atoms with Crippen molar-refractivity contribution in [3.8, 4) is 5.75 Å². The Morgan fingerprint density at radius 2 is 1.43 bits per heavy atom. The minimum absolute atomic E-state index is 0. The van der Waals surface area contributed by atoms with Crippen LogP contribution in [0.2, 0.25) is 0 Å². The lowest BCUT2D eigenvalue weighted by atomic mass is 9.78. The molecule has 1 amide bonds. The Hall–Kier alpha value is -1.55. The molecule has 4 nitrogen and oxygen atoms in total. The smallest absolute Gasteiger partial charge is 0.217 e. The molecular weight excluding hydrogens is 264 g/mol. The Balaban J connectivity index is 0.00000400. The molecule has 0 saturated heterocycles. The summed E-state index contributed by atoms with van der Waals surface area (Å²) in [5.74, 6) is 0.0699. The van der Waals surface area contributed by atoms with Gasteiger partial charge in [-0.2, -0.15) is 0 Å². The summed E-state index contributed by atoms with van der Waals surface area (Å²) in [7, 11) is 0. The molecule has 21 heavy (non-hydrogen) atoms. The van der Waals surface area contributed by atoms with Crippen LogP contribution in [0.4, 0.5) is 0 Å². The van der Waals surface area contributed by atoms with E-state index in [1.165, 1.54) is 0 Å². The number of rotatable bonds is 3. The molecule has 120 valence electrons. The first kappa shape index (κ1) is 19.4. The number of carbonyl (C=O) groups is 1. The summed E-state index contributed by atoms with van der Waals surface area (Å²) in [5, 5.41) is 10.6. The predicted molar refractivity (Wildman–Crippen MR) is 88.0 cm³/mol. The molecule has 0 radical (unpaired) electrons. The fourth-order valence-electron chi connectivity index (χ4n) is 2.25. The van der Waals surface area contributed by atoms with Crippen molar-refractivity contribution in [1.29, 1.82) is 0 Å². The second kappa shape index (κ2) is 6.48. The topological polar surface area (TPSA) is 98.3 Å². The molecule has 0 unspecified atom stereocenters. The highest BCUT2D eigenvalue weighted by molar-refractivity contribution is 5.74.